The molecule has 0 aliphatic rings. The number of aromatic nitrogens is 1. The third-order valence-electron chi connectivity index (χ3n) is 4.92. The van der Waals surface area contributed by atoms with Gasteiger partial charge in [0.2, 0.25) is 17.5 Å². The van der Waals surface area contributed by atoms with Gasteiger partial charge in [0, 0.05) is 12.1 Å². The van der Waals surface area contributed by atoms with Crippen molar-refractivity contribution in [2.45, 2.75) is 6.04 Å². The van der Waals surface area contributed by atoms with Crippen molar-refractivity contribution >= 4 is 5.88 Å². The van der Waals surface area contributed by atoms with Gasteiger partial charge in [-0.05, 0) is 50.0 Å². The van der Waals surface area contributed by atoms with E-state index in [4.69, 9.17) is 18.6 Å². The first-order valence-corrected chi connectivity index (χ1v) is 9.68. The molecule has 1 heterocycles. The van der Waals surface area contributed by atoms with Crippen LogP contribution in [0.2, 0.25) is 0 Å². The van der Waals surface area contributed by atoms with Gasteiger partial charge in [-0.15, -0.1) is 0 Å². The zero-order valence-corrected chi connectivity index (χ0v) is 18.3. The Bertz CT molecular complexity index is 1070. The summed E-state index contributed by atoms with van der Waals surface area (Å²) in [6, 6.07) is 15.2. The highest BCUT2D eigenvalue weighted by Crippen LogP contribution is 2.32. The fraction of sp³-hybridized carbons (Fsp3) is 0.304. The average molecular weight is 422 g/mol. The first-order valence-electron chi connectivity index (χ1n) is 9.68. The van der Waals surface area contributed by atoms with Crippen LogP contribution in [-0.4, -0.2) is 51.9 Å². The zero-order valence-electron chi connectivity index (χ0n) is 18.3. The predicted octanol–water partition coefficient (Wildman–Crippen LogP) is 3.95. The second-order valence-electron chi connectivity index (χ2n) is 7.02. The molecule has 0 amide bonds. The van der Waals surface area contributed by atoms with Crippen LogP contribution in [0.25, 0.3) is 11.5 Å². The molecule has 0 bridgehead atoms. The van der Waals surface area contributed by atoms with Crippen LogP contribution in [0, 0.1) is 11.3 Å². The summed E-state index contributed by atoms with van der Waals surface area (Å²) in [7, 11) is 8.78. The number of hydrogen-bond acceptors (Lipinski definition) is 8. The van der Waals surface area contributed by atoms with E-state index in [2.05, 4.69) is 21.3 Å². The van der Waals surface area contributed by atoms with Crippen LogP contribution < -0.4 is 19.5 Å². The highest BCUT2D eigenvalue weighted by Gasteiger charge is 2.20. The van der Waals surface area contributed by atoms with Gasteiger partial charge in [-0.1, -0.05) is 12.1 Å². The lowest BCUT2D eigenvalue weighted by Crippen LogP contribution is -2.27. The Balaban J connectivity index is 1.84. The molecule has 0 radical (unpaired) electrons. The number of nitrogens with one attached hydrogen (secondary N) is 1. The number of nitriles is 1. The van der Waals surface area contributed by atoms with E-state index in [-0.39, 0.29) is 11.7 Å². The van der Waals surface area contributed by atoms with Gasteiger partial charge in [-0.2, -0.15) is 10.2 Å². The molecular weight excluding hydrogens is 396 g/mol. The van der Waals surface area contributed by atoms with Crippen molar-refractivity contribution in [3.8, 4) is 34.8 Å². The molecular formula is C23H26N4O4. The van der Waals surface area contributed by atoms with E-state index in [0.29, 0.717) is 35.6 Å². The van der Waals surface area contributed by atoms with E-state index in [1.165, 1.54) is 0 Å². The van der Waals surface area contributed by atoms with Crippen molar-refractivity contribution in [3.63, 3.8) is 0 Å². The Morgan fingerprint density at radius 1 is 1.06 bits per heavy atom. The number of ether oxygens (including phenoxy) is 3. The fourth-order valence-electron chi connectivity index (χ4n) is 3.24. The van der Waals surface area contributed by atoms with Gasteiger partial charge in [0.25, 0.3) is 0 Å². The van der Waals surface area contributed by atoms with Gasteiger partial charge in [0.1, 0.15) is 11.8 Å². The number of rotatable bonds is 9. The Kier molecular flexibility index (Phi) is 7.00. The van der Waals surface area contributed by atoms with Crippen molar-refractivity contribution < 1.29 is 18.6 Å². The molecule has 31 heavy (non-hydrogen) atoms. The lowest BCUT2D eigenvalue weighted by molar-refractivity contribution is 0.307. The first kappa shape index (κ1) is 22.0. The smallest absolute Gasteiger partial charge is 0.232 e. The van der Waals surface area contributed by atoms with Gasteiger partial charge in [-0.3, -0.25) is 0 Å². The maximum absolute atomic E-state index is 9.52. The van der Waals surface area contributed by atoms with Gasteiger partial charge >= 0.3 is 0 Å². The Morgan fingerprint density at radius 2 is 1.84 bits per heavy atom. The summed E-state index contributed by atoms with van der Waals surface area (Å²) in [5.41, 5.74) is 1.96. The highest BCUT2D eigenvalue weighted by atomic mass is 16.5. The van der Waals surface area contributed by atoms with Crippen molar-refractivity contribution in [1.29, 1.82) is 5.26 Å². The van der Waals surface area contributed by atoms with Crippen LogP contribution in [0.1, 0.15) is 17.3 Å². The van der Waals surface area contributed by atoms with E-state index in [1.54, 1.807) is 21.3 Å². The van der Waals surface area contributed by atoms with Gasteiger partial charge in [-0.25, -0.2) is 0 Å². The zero-order chi connectivity index (χ0) is 22.4. The summed E-state index contributed by atoms with van der Waals surface area (Å²) in [4.78, 5) is 6.39. The molecule has 0 aliphatic carbocycles. The Labute approximate surface area is 182 Å². The molecule has 1 unspecified atom stereocenters. The molecule has 8 heteroatoms. The van der Waals surface area contributed by atoms with Gasteiger partial charge in [0.15, 0.2) is 11.5 Å². The number of likely N-dealkylation sites (N-methyl/N-ethyl adjacent to an activating group) is 1. The van der Waals surface area contributed by atoms with Crippen molar-refractivity contribution in [2.24, 2.45) is 0 Å². The maximum Gasteiger partial charge on any atom is 0.232 e. The molecule has 0 saturated carbocycles. The standard InChI is InChI=1S/C23H26N4O4/c1-27(2)19(15-9-10-20(29-4)21(12-15)30-5)14-25-23-18(13-24)26-22(31-23)16-7-6-8-17(11-16)28-3/h6-12,19,25H,14H2,1-5H3. The minimum absolute atomic E-state index is 0.0169. The lowest BCUT2D eigenvalue weighted by atomic mass is 10.1. The Morgan fingerprint density at radius 3 is 2.48 bits per heavy atom. The molecule has 2 aromatic carbocycles. The Hall–Kier alpha value is -3.70. The van der Waals surface area contributed by atoms with Gasteiger partial charge < -0.3 is 28.8 Å². The minimum atomic E-state index is -0.0169. The molecule has 0 saturated heterocycles. The minimum Gasteiger partial charge on any atom is -0.497 e. The fourth-order valence-corrected chi connectivity index (χ4v) is 3.24. The first-order chi connectivity index (χ1) is 15.0. The predicted molar refractivity (Wildman–Crippen MR) is 118 cm³/mol. The maximum atomic E-state index is 9.52. The molecule has 162 valence electrons. The van der Waals surface area contributed by atoms with Gasteiger partial charge in [0.05, 0.1) is 27.4 Å². The topological polar surface area (TPSA) is 92.8 Å². The number of benzene rings is 2. The monoisotopic (exact) mass is 422 g/mol. The molecule has 0 fully saturated rings. The third-order valence-corrected chi connectivity index (χ3v) is 4.92. The lowest BCUT2D eigenvalue weighted by Gasteiger charge is -2.25. The number of methoxy groups -OCH3 is 3. The average Bonchev–Trinajstić information content (AvgIpc) is 3.22. The molecule has 3 aromatic rings. The van der Waals surface area contributed by atoms with E-state index in [1.807, 2.05) is 56.6 Å². The molecule has 8 nitrogen and oxygen atoms in total. The van der Waals surface area contributed by atoms with Crippen molar-refractivity contribution in [2.75, 3.05) is 47.3 Å². The summed E-state index contributed by atoms with van der Waals surface area (Å²) in [6.07, 6.45) is 0. The summed E-state index contributed by atoms with van der Waals surface area (Å²) in [6.45, 7) is 0.490. The van der Waals surface area contributed by atoms with Crippen LogP contribution in [0.5, 0.6) is 17.2 Å². The van der Waals surface area contributed by atoms with Crippen LogP contribution in [-0.2, 0) is 0 Å². The number of oxazole rings is 1. The molecule has 1 atom stereocenters. The molecule has 1 aromatic heterocycles. The van der Waals surface area contributed by atoms with Crippen LogP contribution in [0.15, 0.2) is 46.9 Å². The van der Waals surface area contributed by atoms with Crippen LogP contribution in [0.3, 0.4) is 0 Å². The summed E-state index contributed by atoms with van der Waals surface area (Å²) >= 11 is 0. The van der Waals surface area contributed by atoms with Crippen molar-refractivity contribution in [1.82, 2.24) is 9.88 Å². The summed E-state index contributed by atoms with van der Waals surface area (Å²) in [5.74, 6) is 2.69. The number of nitrogens with zero attached hydrogens (tertiary/aromatic N) is 3. The molecule has 3 rings (SSSR count). The normalized spacial score (nSPS) is 11.6. The second-order valence-corrected chi connectivity index (χ2v) is 7.02. The van der Waals surface area contributed by atoms with E-state index >= 15 is 0 Å². The quantitative estimate of drug-likeness (QED) is 0.554. The number of hydrogen-bond donors (Lipinski definition) is 1. The third kappa shape index (κ3) is 4.90. The highest BCUT2D eigenvalue weighted by molar-refractivity contribution is 5.60. The van der Waals surface area contributed by atoms with Crippen LogP contribution in [0.4, 0.5) is 5.88 Å². The number of anilines is 1. The van der Waals surface area contributed by atoms with E-state index in [0.717, 1.165) is 11.1 Å². The largest absolute Gasteiger partial charge is 0.497 e. The summed E-state index contributed by atoms with van der Waals surface area (Å²) < 4.78 is 21.9. The van der Waals surface area contributed by atoms with E-state index < -0.39 is 0 Å². The van der Waals surface area contributed by atoms with E-state index in [9.17, 15) is 5.26 Å². The SMILES string of the molecule is COc1cccc(-c2nc(C#N)c(NCC(c3ccc(OC)c(OC)c3)N(C)C)o2)c1. The second kappa shape index (κ2) is 9.87. The summed E-state index contributed by atoms with van der Waals surface area (Å²) in [5, 5.41) is 12.8. The molecule has 1 N–H and O–H groups in total. The van der Waals surface area contributed by atoms with Crippen molar-refractivity contribution in [3.05, 3.63) is 53.7 Å². The molecule has 0 spiro atoms. The molecule has 0 aliphatic heterocycles. The van der Waals surface area contributed by atoms with Crippen LogP contribution >= 0.6 is 0 Å².